The SMILES string of the molecule is CC(C)(C)OC(=O)NCC(NCc1cc(C#N)cs1)C1CCCC1. The van der Waals surface area contributed by atoms with E-state index in [1.54, 1.807) is 11.3 Å². The van der Waals surface area contributed by atoms with Crippen molar-refractivity contribution in [2.75, 3.05) is 6.54 Å². The number of thiophene rings is 1. The first-order valence-electron chi connectivity index (χ1n) is 8.55. The average molecular weight is 350 g/mol. The summed E-state index contributed by atoms with van der Waals surface area (Å²) in [6, 6.07) is 4.31. The second kappa shape index (κ2) is 8.50. The van der Waals surface area contributed by atoms with Crippen molar-refractivity contribution in [1.82, 2.24) is 10.6 Å². The van der Waals surface area contributed by atoms with Crippen molar-refractivity contribution in [2.24, 2.45) is 5.92 Å². The summed E-state index contributed by atoms with van der Waals surface area (Å²) >= 11 is 1.59. The van der Waals surface area contributed by atoms with Crippen molar-refractivity contribution in [1.29, 1.82) is 5.26 Å². The van der Waals surface area contributed by atoms with Crippen LogP contribution in [0.15, 0.2) is 11.4 Å². The number of nitrogens with one attached hydrogen (secondary N) is 2. The van der Waals surface area contributed by atoms with Gasteiger partial charge in [0.25, 0.3) is 0 Å². The molecule has 5 nitrogen and oxygen atoms in total. The van der Waals surface area contributed by atoms with Gasteiger partial charge in [0, 0.05) is 29.4 Å². The zero-order valence-corrected chi connectivity index (χ0v) is 15.5. The molecule has 1 amide bonds. The quantitative estimate of drug-likeness (QED) is 0.819. The van der Waals surface area contributed by atoms with Gasteiger partial charge in [0.15, 0.2) is 0 Å². The number of alkyl carbamates (subject to hydrolysis) is 1. The van der Waals surface area contributed by atoms with Crippen LogP contribution in [0, 0.1) is 17.2 Å². The minimum Gasteiger partial charge on any atom is -0.444 e. The number of carbonyl (C=O) groups excluding carboxylic acids is 1. The lowest BCUT2D eigenvalue weighted by Crippen LogP contribution is -2.45. The van der Waals surface area contributed by atoms with E-state index in [0.29, 0.717) is 18.0 Å². The minimum atomic E-state index is -0.481. The molecule has 1 aromatic heterocycles. The third-order valence-corrected chi connectivity index (χ3v) is 5.09. The molecule has 0 saturated heterocycles. The molecule has 0 spiro atoms. The van der Waals surface area contributed by atoms with Crippen LogP contribution in [-0.2, 0) is 11.3 Å². The van der Waals surface area contributed by atoms with Crippen LogP contribution < -0.4 is 10.6 Å². The molecule has 1 aromatic rings. The van der Waals surface area contributed by atoms with Gasteiger partial charge in [-0.15, -0.1) is 11.3 Å². The van der Waals surface area contributed by atoms with Gasteiger partial charge in [0.2, 0.25) is 0 Å². The van der Waals surface area contributed by atoms with Gasteiger partial charge in [0.05, 0.1) is 5.56 Å². The largest absolute Gasteiger partial charge is 0.444 e. The number of nitriles is 1. The van der Waals surface area contributed by atoms with Crippen LogP contribution in [0.1, 0.15) is 56.9 Å². The molecule has 0 aliphatic heterocycles. The van der Waals surface area contributed by atoms with Crippen LogP contribution >= 0.6 is 11.3 Å². The van der Waals surface area contributed by atoms with Crippen LogP contribution in [-0.4, -0.2) is 24.3 Å². The van der Waals surface area contributed by atoms with Gasteiger partial charge >= 0.3 is 6.09 Å². The Morgan fingerprint density at radius 2 is 2.17 bits per heavy atom. The number of hydrogen-bond acceptors (Lipinski definition) is 5. The van der Waals surface area contributed by atoms with Crippen molar-refractivity contribution in [3.8, 4) is 6.07 Å². The standard InChI is InChI=1S/C18H27N3O2S/c1-18(2,3)23-17(22)21-11-16(14-6-4-5-7-14)20-10-15-8-13(9-19)12-24-15/h8,12,14,16,20H,4-7,10-11H2,1-3H3,(H,21,22). The number of hydrogen-bond donors (Lipinski definition) is 2. The molecule has 132 valence electrons. The maximum absolute atomic E-state index is 11.9. The summed E-state index contributed by atoms with van der Waals surface area (Å²) in [5.74, 6) is 0.579. The Morgan fingerprint density at radius 3 is 2.75 bits per heavy atom. The molecule has 1 aliphatic carbocycles. The van der Waals surface area contributed by atoms with Crippen molar-refractivity contribution < 1.29 is 9.53 Å². The van der Waals surface area contributed by atoms with Gasteiger partial charge in [-0.1, -0.05) is 12.8 Å². The fourth-order valence-electron chi connectivity index (χ4n) is 3.04. The fraction of sp³-hybridized carbons (Fsp3) is 0.667. The summed E-state index contributed by atoms with van der Waals surface area (Å²) in [7, 11) is 0. The Labute approximate surface area is 148 Å². The Kier molecular flexibility index (Phi) is 6.64. The second-order valence-electron chi connectivity index (χ2n) is 7.33. The summed E-state index contributed by atoms with van der Waals surface area (Å²) < 4.78 is 5.32. The highest BCUT2D eigenvalue weighted by atomic mass is 32.1. The van der Waals surface area contributed by atoms with E-state index < -0.39 is 5.60 Å². The first-order valence-corrected chi connectivity index (χ1v) is 9.43. The van der Waals surface area contributed by atoms with Crippen molar-refractivity contribution >= 4 is 17.4 Å². The van der Waals surface area contributed by atoms with E-state index in [1.165, 1.54) is 25.7 Å². The van der Waals surface area contributed by atoms with Crippen LogP contribution in [0.25, 0.3) is 0 Å². The zero-order valence-electron chi connectivity index (χ0n) is 14.7. The number of carbonyl (C=O) groups is 1. The molecule has 0 radical (unpaired) electrons. The van der Waals surface area contributed by atoms with E-state index in [2.05, 4.69) is 16.7 Å². The predicted octanol–water partition coefficient (Wildman–Crippen LogP) is 3.79. The molecular formula is C18H27N3O2S. The van der Waals surface area contributed by atoms with Crippen molar-refractivity contribution in [2.45, 2.75) is 64.6 Å². The van der Waals surface area contributed by atoms with E-state index >= 15 is 0 Å². The molecule has 1 aliphatic rings. The molecule has 1 saturated carbocycles. The average Bonchev–Trinajstić information content (AvgIpc) is 3.16. The summed E-state index contributed by atoms with van der Waals surface area (Å²) in [6.45, 7) is 6.88. The zero-order chi connectivity index (χ0) is 17.6. The monoisotopic (exact) mass is 349 g/mol. The molecule has 2 N–H and O–H groups in total. The Hall–Kier alpha value is -1.58. The summed E-state index contributed by atoms with van der Waals surface area (Å²) in [5.41, 5.74) is 0.228. The molecule has 1 unspecified atom stereocenters. The van der Waals surface area contributed by atoms with Crippen LogP contribution in [0.2, 0.25) is 0 Å². The molecule has 6 heteroatoms. The van der Waals surface area contributed by atoms with E-state index in [4.69, 9.17) is 10.00 Å². The lowest BCUT2D eigenvalue weighted by Gasteiger charge is -2.26. The van der Waals surface area contributed by atoms with Gasteiger partial charge in [-0.2, -0.15) is 5.26 Å². The van der Waals surface area contributed by atoms with E-state index in [9.17, 15) is 4.79 Å². The lowest BCUT2D eigenvalue weighted by atomic mass is 9.98. The van der Waals surface area contributed by atoms with Gasteiger partial charge < -0.3 is 15.4 Å². The Bertz CT molecular complexity index is 580. The minimum absolute atomic E-state index is 0.229. The van der Waals surface area contributed by atoms with E-state index in [1.807, 2.05) is 32.2 Å². The number of ether oxygens (including phenoxy) is 1. The van der Waals surface area contributed by atoms with Crippen molar-refractivity contribution in [3.05, 3.63) is 21.9 Å². The third kappa shape index (κ3) is 6.14. The molecule has 1 heterocycles. The normalized spacial score (nSPS) is 16.6. The van der Waals surface area contributed by atoms with E-state index in [0.717, 1.165) is 11.4 Å². The van der Waals surface area contributed by atoms with Gasteiger partial charge in [-0.05, 0) is 45.6 Å². The Morgan fingerprint density at radius 1 is 1.46 bits per heavy atom. The summed E-state index contributed by atoms with van der Waals surface area (Å²) in [4.78, 5) is 13.0. The molecule has 0 bridgehead atoms. The number of nitrogens with zero attached hydrogens (tertiary/aromatic N) is 1. The summed E-state index contributed by atoms with van der Waals surface area (Å²) in [5, 5.41) is 17.3. The maximum atomic E-state index is 11.9. The van der Waals surface area contributed by atoms with Crippen molar-refractivity contribution in [3.63, 3.8) is 0 Å². The number of rotatable bonds is 6. The predicted molar refractivity (Wildman–Crippen MR) is 95.9 cm³/mol. The van der Waals surface area contributed by atoms with Gasteiger partial charge in [-0.3, -0.25) is 0 Å². The molecule has 2 rings (SSSR count). The maximum Gasteiger partial charge on any atom is 0.407 e. The third-order valence-electron chi connectivity index (χ3n) is 4.16. The smallest absolute Gasteiger partial charge is 0.407 e. The highest BCUT2D eigenvalue weighted by molar-refractivity contribution is 7.10. The Balaban J connectivity index is 1.87. The molecule has 1 fully saturated rings. The van der Waals surface area contributed by atoms with Gasteiger partial charge in [0.1, 0.15) is 11.7 Å². The number of amides is 1. The van der Waals surface area contributed by atoms with E-state index in [-0.39, 0.29) is 12.1 Å². The molecule has 1 atom stereocenters. The molecule has 24 heavy (non-hydrogen) atoms. The molecular weight excluding hydrogens is 322 g/mol. The first-order chi connectivity index (χ1) is 11.4. The van der Waals surface area contributed by atoms with Gasteiger partial charge in [-0.25, -0.2) is 4.79 Å². The highest BCUT2D eigenvalue weighted by Gasteiger charge is 2.26. The second-order valence-corrected chi connectivity index (χ2v) is 8.32. The highest BCUT2D eigenvalue weighted by Crippen LogP contribution is 2.28. The van der Waals surface area contributed by atoms with Crippen LogP contribution in [0.5, 0.6) is 0 Å². The lowest BCUT2D eigenvalue weighted by molar-refractivity contribution is 0.0518. The first kappa shape index (κ1) is 18.8. The fourth-order valence-corrected chi connectivity index (χ4v) is 3.80. The summed E-state index contributed by atoms with van der Waals surface area (Å²) in [6.07, 6.45) is 4.54. The topological polar surface area (TPSA) is 74.2 Å². The van der Waals surface area contributed by atoms with Crippen LogP contribution in [0.3, 0.4) is 0 Å². The molecule has 0 aromatic carbocycles. The van der Waals surface area contributed by atoms with Crippen LogP contribution in [0.4, 0.5) is 4.79 Å².